The van der Waals surface area contributed by atoms with Crippen LogP contribution < -0.4 is 0 Å². The highest BCUT2D eigenvalue weighted by atomic mass is 32.2. The Labute approximate surface area is 75.7 Å². The second-order valence-electron chi connectivity index (χ2n) is 2.98. The van der Waals surface area contributed by atoms with Crippen LogP contribution in [-0.4, -0.2) is 16.5 Å². The highest BCUT2D eigenvalue weighted by molar-refractivity contribution is 7.99. The molecule has 0 aromatic carbocycles. The topological polar surface area (TPSA) is 32.9 Å². The number of Topliss-reactive ketones (excluding diaryl/α,β-unsaturated/α-hetero) is 1. The molecule has 0 spiro atoms. The lowest BCUT2D eigenvalue weighted by atomic mass is 10.1. The van der Waals surface area contributed by atoms with E-state index in [4.69, 9.17) is 0 Å². The third-order valence-corrected chi connectivity index (χ3v) is 3.34. The molecule has 2 heterocycles. The number of H-pyrrole nitrogens is 1. The maximum atomic E-state index is 11.1. The van der Waals surface area contributed by atoms with Crippen molar-refractivity contribution in [3.05, 3.63) is 24.0 Å². The van der Waals surface area contributed by atoms with Crippen LogP contribution in [0.3, 0.4) is 0 Å². The predicted octanol–water partition coefficient (Wildman–Crippen LogP) is 2.15. The van der Waals surface area contributed by atoms with Crippen molar-refractivity contribution in [2.75, 3.05) is 5.75 Å². The van der Waals surface area contributed by atoms with Gasteiger partial charge >= 0.3 is 0 Å². The highest BCUT2D eigenvalue weighted by Crippen LogP contribution is 2.35. The van der Waals surface area contributed by atoms with Gasteiger partial charge in [0.1, 0.15) is 5.78 Å². The van der Waals surface area contributed by atoms with Crippen LogP contribution in [0.25, 0.3) is 0 Å². The summed E-state index contributed by atoms with van der Waals surface area (Å²) in [6, 6.07) is 4.03. The molecule has 1 aliphatic rings. The Kier molecular flexibility index (Phi) is 2.21. The standard InChI is InChI=1S/C9H11NOS/c11-7-3-5-12-9(6-7)8-2-1-4-10-8/h1-2,4,9-10H,3,5-6H2. The van der Waals surface area contributed by atoms with E-state index in [1.807, 2.05) is 24.0 Å². The molecule has 2 rings (SSSR count). The Balaban J connectivity index is 2.09. The molecule has 0 saturated carbocycles. The minimum Gasteiger partial charge on any atom is -0.364 e. The molecule has 1 aliphatic heterocycles. The largest absolute Gasteiger partial charge is 0.364 e. The maximum absolute atomic E-state index is 11.1. The molecule has 3 heteroatoms. The van der Waals surface area contributed by atoms with Crippen LogP contribution in [0, 0.1) is 0 Å². The number of ketones is 1. The van der Waals surface area contributed by atoms with E-state index in [0.717, 1.165) is 12.2 Å². The molecular weight excluding hydrogens is 170 g/mol. The molecule has 1 atom stereocenters. The third-order valence-electron chi connectivity index (χ3n) is 2.08. The summed E-state index contributed by atoms with van der Waals surface area (Å²) >= 11 is 1.87. The fraction of sp³-hybridized carbons (Fsp3) is 0.444. The summed E-state index contributed by atoms with van der Waals surface area (Å²) < 4.78 is 0. The van der Waals surface area contributed by atoms with Crippen molar-refractivity contribution in [3.8, 4) is 0 Å². The van der Waals surface area contributed by atoms with Crippen LogP contribution in [0.15, 0.2) is 18.3 Å². The number of rotatable bonds is 1. The van der Waals surface area contributed by atoms with Crippen molar-refractivity contribution in [1.29, 1.82) is 0 Å². The van der Waals surface area contributed by atoms with Gasteiger partial charge in [0.25, 0.3) is 0 Å². The van der Waals surface area contributed by atoms with E-state index in [1.165, 1.54) is 5.69 Å². The number of nitrogens with one attached hydrogen (secondary N) is 1. The van der Waals surface area contributed by atoms with Gasteiger partial charge in [0.15, 0.2) is 0 Å². The van der Waals surface area contributed by atoms with Gasteiger partial charge in [-0.3, -0.25) is 4.79 Å². The second-order valence-corrected chi connectivity index (χ2v) is 4.29. The van der Waals surface area contributed by atoms with E-state index >= 15 is 0 Å². The van der Waals surface area contributed by atoms with Gasteiger partial charge in [0.2, 0.25) is 0 Å². The Hall–Kier alpha value is -0.700. The number of carbonyl (C=O) groups excluding carboxylic acids is 1. The average molecular weight is 181 g/mol. The number of hydrogen-bond donors (Lipinski definition) is 1. The first-order valence-corrected chi connectivity index (χ1v) is 5.18. The zero-order valence-corrected chi connectivity index (χ0v) is 7.56. The van der Waals surface area contributed by atoms with E-state index in [0.29, 0.717) is 17.5 Å². The first-order chi connectivity index (χ1) is 5.86. The van der Waals surface area contributed by atoms with Crippen LogP contribution in [-0.2, 0) is 4.79 Å². The van der Waals surface area contributed by atoms with E-state index in [1.54, 1.807) is 0 Å². The lowest BCUT2D eigenvalue weighted by molar-refractivity contribution is -0.118. The summed E-state index contributed by atoms with van der Waals surface area (Å²) in [5.74, 6) is 1.37. The molecule has 0 radical (unpaired) electrons. The SMILES string of the molecule is O=C1CCSC(c2ccc[nH]2)C1. The lowest BCUT2D eigenvalue weighted by Crippen LogP contribution is -2.12. The summed E-state index contributed by atoms with van der Waals surface area (Å²) in [6.45, 7) is 0. The summed E-state index contributed by atoms with van der Waals surface area (Å²) in [5.41, 5.74) is 1.19. The van der Waals surface area contributed by atoms with Gasteiger partial charge in [-0.05, 0) is 12.1 Å². The smallest absolute Gasteiger partial charge is 0.135 e. The average Bonchev–Trinajstić information content (AvgIpc) is 2.56. The first kappa shape index (κ1) is 7.92. The summed E-state index contributed by atoms with van der Waals surface area (Å²) in [4.78, 5) is 14.3. The molecule has 1 fully saturated rings. The quantitative estimate of drug-likeness (QED) is 0.720. The van der Waals surface area contributed by atoms with Gasteiger partial charge in [-0.15, -0.1) is 0 Å². The Morgan fingerprint density at radius 1 is 1.58 bits per heavy atom. The number of aromatic amines is 1. The van der Waals surface area contributed by atoms with E-state index in [2.05, 4.69) is 11.1 Å². The number of carbonyl (C=O) groups is 1. The lowest BCUT2D eigenvalue weighted by Gasteiger charge is -2.18. The van der Waals surface area contributed by atoms with Gasteiger partial charge < -0.3 is 4.98 Å². The van der Waals surface area contributed by atoms with E-state index in [9.17, 15) is 4.79 Å². The summed E-state index contributed by atoms with van der Waals surface area (Å²) in [5, 5.41) is 0.376. The molecule has 12 heavy (non-hydrogen) atoms. The number of hydrogen-bond acceptors (Lipinski definition) is 2. The van der Waals surface area contributed by atoms with Crippen LogP contribution in [0.5, 0.6) is 0 Å². The molecule has 0 aliphatic carbocycles. The second kappa shape index (κ2) is 3.35. The summed E-state index contributed by atoms with van der Waals surface area (Å²) in [7, 11) is 0. The van der Waals surface area contributed by atoms with E-state index < -0.39 is 0 Å². The van der Waals surface area contributed by atoms with Crippen LogP contribution in [0.1, 0.15) is 23.8 Å². The zero-order chi connectivity index (χ0) is 8.39. The van der Waals surface area contributed by atoms with Gasteiger partial charge in [-0.1, -0.05) is 0 Å². The van der Waals surface area contributed by atoms with Crippen LogP contribution >= 0.6 is 11.8 Å². The zero-order valence-electron chi connectivity index (χ0n) is 6.75. The Morgan fingerprint density at radius 3 is 3.17 bits per heavy atom. The van der Waals surface area contributed by atoms with Crippen molar-refractivity contribution in [2.24, 2.45) is 0 Å². The van der Waals surface area contributed by atoms with Crippen LogP contribution in [0.2, 0.25) is 0 Å². The Morgan fingerprint density at radius 2 is 2.50 bits per heavy atom. The Bertz CT molecular complexity index is 268. The monoisotopic (exact) mass is 181 g/mol. The summed E-state index contributed by atoms with van der Waals surface area (Å²) in [6.07, 6.45) is 3.36. The maximum Gasteiger partial charge on any atom is 0.135 e. The highest BCUT2D eigenvalue weighted by Gasteiger charge is 2.21. The third kappa shape index (κ3) is 1.55. The van der Waals surface area contributed by atoms with Crippen LogP contribution in [0.4, 0.5) is 0 Å². The predicted molar refractivity (Wildman–Crippen MR) is 50.2 cm³/mol. The number of thioether (sulfide) groups is 1. The molecule has 0 bridgehead atoms. The molecular formula is C9H11NOS. The van der Waals surface area contributed by atoms with Gasteiger partial charge in [-0.25, -0.2) is 0 Å². The van der Waals surface area contributed by atoms with Gasteiger partial charge in [0, 0.05) is 30.5 Å². The fourth-order valence-corrected chi connectivity index (χ4v) is 2.69. The molecule has 64 valence electrons. The molecule has 1 aromatic rings. The molecule has 1 saturated heterocycles. The number of aromatic nitrogens is 1. The molecule has 2 nitrogen and oxygen atoms in total. The minimum absolute atomic E-state index is 0.376. The van der Waals surface area contributed by atoms with Crippen molar-refractivity contribution < 1.29 is 4.79 Å². The van der Waals surface area contributed by atoms with E-state index in [-0.39, 0.29) is 0 Å². The molecule has 1 unspecified atom stereocenters. The van der Waals surface area contributed by atoms with Crippen molar-refractivity contribution >= 4 is 17.5 Å². The van der Waals surface area contributed by atoms with Crippen molar-refractivity contribution in [3.63, 3.8) is 0 Å². The normalized spacial score (nSPS) is 24.3. The van der Waals surface area contributed by atoms with Gasteiger partial charge in [0.05, 0.1) is 5.25 Å². The van der Waals surface area contributed by atoms with Crippen molar-refractivity contribution in [1.82, 2.24) is 4.98 Å². The molecule has 1 N–H and O–H groups in total. The van der Waals surface area contributed by atoms with Crippen molar-refractivity contribution in [2.45, 2.75) is 18.1 Å². The molecule has 0 amide bonds. The fourth-order valence-electron chi connectivity index (χ4n) is 1.43. The van der Waals surface area contributed by atoms with Gasteiger partial charge in [-0.2, -0.15) is 11.8 Å². The molecule has 1 aromatic heterocycles. The minimum atomic E-state index is 0.376. The first-order valence-electron chi connectivity index (χ1n) is 4.13.